The zero-order valence-corrected chi connectivity index (χ0v) is 11.4. The molecule has 1 fully saturated rings. The lowest BCUT2D eigenvalue weighted by Crippen LogP contribution is -2.37. The lowest BCUT2D eigenvalue weighted by atomic mass is 10.0. The molecular weight excluding hydrogens is 248 g/mol. The van der Waals surface area contributed by atoms with Crippen molar-refractivity contribution in [2.45, 2.75) is 38.6 Å². The molecule has 1 heterocycles. The van der Waals surface area contributed by atoms with Crippen LogP contribution in [0, 0.1) is 6.92 Å². The van der Waals surface area contributed by atoms with Gasteiger partial charge in [0, 0.05) is 23.2 Å². The van der Waals surface area contributed by atoms with Crippen LogP contribution in [-0.2, 0) is 4.79 Å². The molecule has 0 aliphatic carbocycles. The molecule has 3 nitrogen and oxygen atoms in total. The molecule has 0 bridgehead atoms. The van der Waals surface area contributed by atoms with Crippen molar-refractivity contribution in [1.29, 1.82) is 0 Å². The highest BCUT2D eigenvalue weighted by atomic mass is 35.5. The van der Waals surface area contributed by atoms with Gasteiger partial charge in [0.05, 0.1) is 0 Å². The standard InChI is InChI=1S/C14H19ClN2O/c1-10-5-6-11(15)8-13(10)17-14(18)9-12-4-2-3-7-16-12/h5-6,8,12,16H,2-4,7,9H2,1H3,(H,17,18). The normalized spacial score (nSPS) is 19.6. The molecule has 2 rings (SSSR count). The largest absolute Gasteiger partial charge is 0.326 e. The molecule has 2 N–H and O–H groups in total. The van der Waals surface area contributed by atoms with Crippen LogP contribution < -0.4 is 10.6 Å². The second-order valence-corrected chi connectivity index (χ2v) is 5.29. The summed E-state index contributed by atoms with van der Waals surface area (Å²) in [7, 11) is 0. The fraction of sp³-hybridized carbons (Fsp3) is 0.500. The van der Waals surface area contributed by atoms with E-state index in [0.29, 0.717) is 17.5 Å². The Morgan fingerprint density at radius 1 is 1.50 bits per heavy atom. The fourth-order valence-electron chi connectivity index (χ4n) is 2.25. The third-order valence-electron chi connectivity index (χ3n) is 3.32. The first kappa shape index (κ1) is 13.4. The minimum atomic E-state index is 0.0553. The molecule has 1 aromatic rings. The zero-order chi connectivity index (χ0) is 13.0. The van der Waals surface area contributed by atoms with Crippen LogP contribution in [0.15, 0.2) is 18.2 Å². The number of carbonyl (C=O) groups is 1. The Hall–Kier alpha value is -1.06. The van der Waals surface area contributed by atoms with Gasteiger partial charge in [-0.1, -0.05) is 24.1 Å². The lowest BCUT2D eigenvalue weighted by Gasteiger charge is -2.23. The Labute approximate surface area is 113 Å². The first-order valence-electron chi connectivity index (χ1n) is 6.44. The minimum Gasteiger partial charge on any atom is -0.326 e. The summed E-state index contributed by atoms with van der Waals surface area (Å²) in [5.41, 5.74) is 1.84. The van der Waals surface area contributed by atoms with Gasteiger partial charge in [0.1, 0.15) is 0 Å². The maximum atomic E-state index is 12.0. The van der Waals surface area contributed by atoms with Crippen LogP contribution in [0.5, 0.6) is 0 Å². The Balaban J connectivity index is 1.92. The third-order valence-corrected chi connectivity index (χ3v) is 3.55. The van der Waals surface area contributed by atoms with E-state index in [4.69, 9.17) is 11.6 Å². The summed E-state index contributed by atoms with van der Waals surface area (Å²) in [4.78, 5) is 12.0. The zero-order valence-electron chi connectivity index (χ0n) is 10.6. The number of aryl methyl sites for hydroxylation is 1. The van der Waals surface area contributed by atoms with Crippen LogP contribution in [0.4, 0.5) is 5.69 Å². The van der Waals surface area contributed by atoms with E-state index in [1.54, 1.807) is 6.07 Å². The highest BCUT2D eigenvalue weighted by Crippen LogP contribution is 2.20. The predicted molar refractivity (Wildman–Crippen MR) is 75.1 cm³/mol. The maximum Gasteiger partial charge on any atom is 0.225 e. The van der Waals surface area contributed by atoms with Gasteiger partial charge in [0.15, 0.2) is 0 Å². The number of benzene rings is 1. The summed E-state index contributed by atoms with van der Waals surface area (Å²) in [6.07, 6.45) is 4.04. The molecule has 1 aliphatic heterocycles. The number of hydrogen-bond acceptors (Lipinski definition) is 2. The van der Waals surface area contributed by atoms with Crippen LogP contribution in [0.1, 0.15) is 31.2 Å². The SMILES string of the molecule is Cc1ccc(Cl)cc1NC(=O)CC1CCCCN1. The molecule has 0 spiro atoms. The molecule has 1 saturated heterocycles. The van der Waals surface area contributed by atoms with E-state index in [1.165, 1.54) is 12.8 Å². The summed E-state index contributed by atoms with van der Waals surface area (Å²) in [6, 6.07) is 5.85. The van der Waals surface area contributed by atoms with Gasteiger partial charge in [-0.25, -0.2) is 0 Å². The van der Waals surface area contributed by atoms with Gasteiger partial charge in [-0.15, -0.1) is 0 Å². The highest BCUT2D eigenvalue weighted by molar-refractivity contribution is 6.31. The second kappa shape index (κ2) is 6.21. The van der Waals surface area contributed by atoms with Crippen LogP contribution in [0.3, 0.4) is 0 Å². The Morgan fingerprint density at radius 2 is 2.33 bits per heavy atom. The molecule has 4 heteroatoms. The van der Waals surface area contributed by atoms with E-state index in [1.807, 2.05) is 19.1 Å². The van der Waals surface area contributed by atoms with Gasteiger partial charge in [0.25, 0.3) is 0 Å². The van der Waals surface area contributed by atoms with E-state index in [2.05, 4.69) is 10.6 Å². The van der Waals surface area contributed by atoms with E-state index < -0.39 is 0 Å². The van der Waals surface area contributed by atoms with E-state index in [-0.39, 0.29) is 5.91 Å². The van der Waals surface area contributed by atoms with Gasteiger partial charge < -0.3 is 10.6 Å². The van der Waals surface area contributed by atoms with E-state index in [9.17, 15) is 4.79 Å². The number of amides is 1. The fourth-order valence-corrected chi connectivity index (χ4v) is 2.42. The second-order valence-electron chi connectivity index (χ2n) is 4.86. The number of nitrogens with one attached hydrogen (secondary N) is 2. The van der Waals surface area contributed by atoms with Crippen molar-refractivity contribution >= 4 is 23.2 Å². The Bertz CT molecular complexity index is 428. The number of halogens is 1. The highest BCUT2D eigenvalue weighted by Gasteiger charge is 2.16. The van der Waals surface area contributed by atoms with Crippen molar-refractivity contribution in [3.05, 3.63) is 28.8 Å². The van der Waals surface area contributed by atoms with Crippen molar-refractivity contribution in [3.8, 4) is 0 Å². The van der Waals surface area contributed by atoms with Crippen molar-refractivity contribution in [2.24, 2.45) is 0 Å². The van der Waals surface area contributed by atoms with Crippen LogP contribution in [0.2, 0.25) is 5.02 Å². The summed E-state index contributed by atoms with van der Waals surface area (Å²) in [6.45, 7) is 2.99. The first-order valence-corrected chi connectivity index (χ1v) is 6.82. The number of piperidine rings is 1. The Kier molecular flexibility index (Phi) is 4.61. The van der Waals surface area contributed by atoms with Gasteiger partial charge >= 0.3 is 0 Å². The number of rotatable bonds is 3. The maximum absolute atomic E-state index is 12.0. The molecule has 1 amide bonds. The van der Waals surface area contributed by atoms with Crippen molar-refractivity contribution < 1.29 is 4.79 Å². The van der Waals surface area contributed by atoms with Crippen LogP contribution in [0.25, 0.3) is 0 Å². The predicted octanol–water partition coefficient (Wildman–Crippen LogP) is 3.12. The molecule has 1 aromatic carbocycles. The van der Waals surface area contributed by atoms with Gasteiger partial charge in [-0.3, -0.25) is 4.79 Å². The summed E-state index contributed by atoms with van der Waals surface area (Å²) in [5, 5.41) is 6.95. The van der Waals surface area contributed by atoms with Crippen molar-refractivity contribution in [1.82, 2.24) is 5.32 Å². The third kappa shape index (κ3) is 3.72. The molecule has 0 radical (unpaired) electrons. The van der Waals surface area contributed by atoms with Gasteiger partial charge in [0.2, 0.25) is 5.91 Å². The van der Waals surface area contributed by atoms with E-state index in [0.717, 1.165) is 24.2 Å². The molecule has 1 aliphatic rings. The quantitative estimate of drug-likeness (QED) is 0.883. The molecule has 0 saturated carbocycles. The monoisotopic (exact) mass is 266 g/mol. The molecule has 18 heavy (non-hydrogen) atoms. The summed E-state index contributed by atoms with van der Waals surface area (Å²) >= 11 is 5.93. The van der Waals surface area contributed by atoms with Crippen molar-refractivity contribution in [2.75, 3.05) is 11.9 Å². The lowest BCUT2D eigenvalue weighted by molar-refractivity contribution is -0.116. The average molecular weight is 267 g/mol. The number of hydrogen-bond donors (Lipinski definition) is 2. The summed E-state index contributed by atoms with van der Waals surface area (Å²) < 4.78 is 0. The summed E-state index contributed by atoms with van der Waals surface area (Å²) in [5.74, 6) is 0.0553. The average Bonchev–Trinajstić information content (AvgIpc) is 2.35. The number of carbonyl (C=O) groups excluding carboxylic acids is 1. The Morgan fingerprint density at radius 3 is 3.06 bits per heavy atom. The first-order chi connectivity index (χ1) is 8.65. The molecular formula is C14H19ClN2O. The van der Waals surface area contributed by atoms with E-state index >= 15 is 0 Å². The number of anilines is 1. The molecule has 1 unspecified atom stereocenters. The molecule has 0 aromatic heterocycles. The van der Waals surface area contributed by atoms with Crippen molar-refractivity contribution in [3.63, 3.8) is 0 Å². The smallest absolute Gasteiger partial charge is 0.225 e. The van der Waals surface area contributed by atoms with Crippen LogP contribution in [-0.4, -0.2) is 18.5 Å². The van der Waals surface area contributed by atoms with Crippen LogP contribution >= 0.6 is 11.6 Å². The minimum absolute atomic E-state index is 0.0553. The molecule has 98 valence electrons. The van der Waals surface area contributed by atoms with Gasteiger partial charge in [-0.2, -0.15) is 0 Å². The molecule has 1 atom stereocenters. The van der Waals surface area contributed by atoms with Gasteiger partial charge in [-0.05, 0) is 44.0 Å². The topological polar surface area (TPSA) is 41.1 Å².